The van der Waals surface area contributed by atoms with Crippen LogP contribution in [-0.2, 0) is 10.0 Å². The van der Waals surface area contributed by atoms with Gasteiger partial charge in [-0.05, 0) is 58.7 Å². The Morgan fingerprint density at radius 3 is 2.19 bits per heavy atom. The fraction of sp³-hybridized carbons (Fsp3) is 0.524. The van der Waals surface area contributed by atoms with Gasteiger partial charge in [0.1, 0.15) is 16.0 Å². The van der Waals surface area contributed by atoms with Crippen molar-refractivity contribution in [2.24, 2.45) is 0 Å². The Labute approximate surface area is 201 Å². The molecule has 1 unspecified atom stereocenters. The molecule has 0 amide bonds. The van der Waals surface area contributed by atoms with Crippen LogP contribution in [0.2, 0.25) is 23.3 Å². The lowest BCUT2D eigenvalue weighted by molar-refractivity contribution is -0.175. The summed E-state index contributed by atoms with van der Waals surface area (Å²) in [6.45, 7) is 6.87. The molecule has 0 fully saturated rings. The Kier molecular flexibility index (Phi) is 9.00. The van der Waals surface area contributed by atoms with Crippen LogP contribution in [0, 0.1) is 5.82 Å². The Balaban J connectivity index is 2.34. The summed E-state index contributed by atoms with van der Waals surface area (Å²) in [6.07, 6.45) is -0.677. The van der Waals surface area contributed by atoms with E-state index in [4.69, 9.17) is 26.5 Å². The van der Waals surface area contributed by atoms with E-state index in [9.17, 15) is 4.39 Å². The number of benzene rings is 1. The third-order valence-electron chi connectivity index (χ3n) is 5.91. The zero-order valence-electron chi connectivity index (χ0n) is 18.5. The van der Waals surface area contributed by atoms with E-state index in [-0.39, 0.29) is 33.6 Å². The fourth-order valence-corrected chi connectivity index (χ4v) is 6.97. The molecule has 0 saturated heterocycles. The minimum Gasteiger partial charge on any atom is -0.475 e. The monoisotopic (exact) mass is 553 g/mol. The number of ether oxygens (including phenoxy) is 1. The molecule has 11 heteroatoms. The van der Waals surface area contributed by atoms with Gasteiger partial charge in [-0.3, -0.25) is 0 Å². The molecule has 0 aliphatic heterocycles. The lowest BCUT2D eigenvalue weighted by Gasteiger charge is -2.45. The molecule has 2 rings (SSSR count). The number of nitrogens with zero attached hydrogens (tertiary/aromatic N) is 2. The van der Waals surface area contributed by atoms with Crippen LogP contribution in [0.25, 0.3) is 0 Å². The van der Waals surface area contributed by atoms with Gasteiger partial charge < -0.3 is 14.9 Å². The number of nitrogen functional groups attached to an aromatic ring is 1. The Hall–Kier alpha value is -1.36. The van der Waals surface area contributed by atoms with Crippen molar-refractivity contribution in [2.75, 3.05) is 12.3 Å². The molecule has 0 radical (unpaired) electrons. The van der Waals surface area contributed by atoms with Crippen molar-refractivity contribution < 1.29 is 22.3 Å². The molecule has 2 aromatic rings. The summed E-state index contributed by atoms with van der Waals surface area (Å²) >= 11 is 8.92. The summed E-state index contributed by atoms with van der Waals surface area (Å²) in [5, 5.41) is 0.0393. The molecule has 1 aromatic carbocycles. The highest BCUT2D eigenvalue weighted by atomic mass is 79.9. The van der Waals surface area contributed by atoms with Crippen molar-refractivity contribution in [3.63, 3.8) is 0 Å². The van der Waals surface area contributed by atoms with E-state index in [2.05, 4.69) is 25.9 Å². The van der Waals surface area contributed by atoms with Crippen LogP contribution in [0.3, 0.4) is 0 Å². The van der Waals surface area contributed by atoms with Gasteiger partial charge in [-0.1, -0.05) is 44.5 Å². The summed E-state index contributed by atoms with van der Waals surface area (Å²) in [4.78, 5) is 7.83. The fourth-order valence-electron chi connectivity index (χ4n) is 3.53. The number of halogens is 5. The minimum atomic E-state index is -3.34. The molecular weight excluding hydrogens is 527 g/mol. The maximum atomic E-state index is 15.8. The second kappa shape index (κ2) is 10.7. The van der Waals surface area contributed by atoms with Gasteiger partial charge in [-0.15, -0.1) is 0 Å². The van der Waals surface area contributed by atoms with Crippen molar-refractivity contribution in [1.82, 2.24) is 9.97 Å². The van der Waals surface area contributed by atoms with Crippen LogP contribution in [0.15, 0.2) is 28.9 Å². The lowest BCUT2D eigenvalue weighted by Crippen LogP contribution is -2.53. The molecule has 178 valence electrons. The SMILES string of the molecule is CC[Si](CC)(CC)OC(C)(c1ccc(F)cc1)C(F)(F)CCOc1nc(Br)c(Cl)nc1N. The molecule has 1 atom stereocenters. The second-order valence-corrected chi connectivity index (χ2v) is 13.5. The number of nitrogens with two attached hydrogens (primary N) is 1. The number of hydrogen-bond donors (Lipinski definition) is 1. The van der Waals surface area contributed by atoms with Crippen LogP contribution in [-0.4, -0.2) is 30.8 Å². The highest BCUT2D eigenvalue weighted by molar-refractivity contribution is 9.10. The van der Waals surface area contributed by atoms with Crippen molar-refractivity contribution >= 4 is 41.7 Å². The van der Waals surface area contributed by atoms with E-state index >= 15 is 8.78 Å². The molecule has 0 spiro atoms. The molecule has 0 aliphatic rings. The second-order valence-electron chi connectivity index (χ2n) is 7.68. The average Bonchev–Trinajstić information content (AvgIpc) is 2.76. The summed E-state index contributed by atoms with van der Waals surface area (Å²) in [5.41, 5.74) is 3.97. The zero-order chi connectivity index (χ0) is 24.2. The van der Waals surface area contributed by atoms with E-state index in [1.807, 2.05) is 20.8 Å². The summed E-state index contributed by atoms with van der Waals surface area (Å²) < 4.78 is 57.0. The average molecular weight is 555 g/mol. The first-order valence-corrected chi connectivity index (χ1v) is 14.1. The van der Waals surface area contributed by atoms with Crippen LogP contribution in [0.5, 0.6) is 5.88 Å². The Bertz CT molecular complexity index is 912. The molecule has 0 bridgehead atoms. The van der Waals surface area contributed by atoms with Crippen molar-refractivity contribution in [2.45, 2.75) is 63.8 Å². The first-order chi connectivity index (χ1) is 14.9. The predicted octanol–water partition coefficient (Wildman–Crippen LogP) is 6.96. The molecular formula is C21H28BrClF3N3O2Si. The maximum Gasteiger partial charge on any atom is 0.282 e. The molecule has 1 heterocycles. The van der Waals surface area contributed by atoms with E-state index in [1.165, 1.54) is 19.1 Å². The molecule has 0 saturated carbocycles. The number of alkyl halides is 2. The topological polar surface area (TPSA) is 70.3 Å². The Morgan fingerprint density at radius 1 is 1.09 bits per heavy atom. The van der Waals surface area contributed by atoms with Gasteiger partial charge in [0, 0.05) is 6.42 Å². The number of hydrogen-bond acceptors (Lipinski definition) is 5. The molecule has 1 aromatic heterocycles. The smallest absolute Gasteiger partial charge is 0.282 e. The van der Waals surface area contributed by atoms with Crippen LogP contribution in [0.4, 0.5) is 19.0 Å². The summed E-state index contributed by atoms with van der Waals surface area (Å²) in [7, 11) is -2.46. The standard InChI is InChI=1S/C21H28BrClF3N3O2Si/c1-5-32(6-2,7-3)31-20(4,14-8-10-15(24)11-9-14)21(25,26)12-13-30-19-18(27)29-17(23)16(22)28-19/h8-11H,5-7,12-13H2,1-4H3,(H2,27,29). The van der Waals surface area contributed by atoms with Gasteiger partial charge in [-0.2, -0.15) is 4.98 Å². The Morgan fingerprint density at radius 2 is 1.66 bits per heavy atom. The summed E-state index contributed by atoms with van der Waals surface area (Å²) in [5.74, 6) is -4.04. The van der Waals surface area contributed by atoms with Crippen molar-refractivity contribution in [3.8, 4) is 5.88 Å². The predicted molar refractivity (Wildman–Crippen MR) is 126 cm³/mol. The highest BCUT2D eigenvalue weighted by Crippen LogP contribution is 2.46. The van der Waals surface area contributed by atoms with E-state index in [1.54, 1.807) is 0 Å². The highest BCUT2D eigenvalue weighted by Gasteiger charge is 2.55. The first kappa shape index (κ1) is 26.9. The number of aromatic nitrogens is 2. The number of rotatable bonds is 11. The molecule has 2 N–H and O–H groups in total. The van der Waals surface area contributed by atoms with E-state index < -0.39 is 32.1 Å². The van der Waals surface area contributed by atoms with Crippen molar-refractivity contribution in [1.29, 1.82) is 0 Å². The summed E-state index contributed by atoms with van der Waals surface area (Å²) in [6, 6.07) is 7.10. The molecule has 5 nitrogen and oxygen atoms in total. The molecule has 32 heavy (non-hydrogen) atoms. The lowest BCUT2D eigenvalue weighted by atomic mass is 9.87. The van der Waals surface area contributed by atoms with Gasteiger partial charge in [0.05, 0.1) is 6.61 Å². The first-order valence-electron chi connectivity index (χ1n) is 10.4. The maximum absolute atomic E-state index is 15.8. The van der Waals surface area contributed by atoms with Gasteiger partial charge >= 0.3 is 0 Å². The largest absolute Gasteiger partial charge is 0.475 e. The van der Waals surface area contributed by atoms with E-state index in [0.29, 0.717) is 18.1 Å². The van der Waals surface area contributed by atoms with Crippen molar-refractivity contribution in [3.05, 3.63) is 45.4 Å². The van der Waals surface area contributed by atoms with Crippen LogP contribution in [0.1, 0.15) is 39.7 Å². The molecule has 0 aliphatic carbocycles. The van der Waals surface area contributed by atoms with E-state index in [0.717, 1.165) is 12.1 Å². The van der Waals surface area contributed by atoms with Crippen LogP contribution < -0.4 is 10.5 Å². The van der Waals surface area contributed by atoms with Crippen LogP contribution >= 0.6 is 27.5 Å². The normalized spacial score (nSPS) is 14.3. The quantitative estimate of drug-likeness (QED) is 0.304. The van der Waals surface area contributed by atoms with Gasteiger partial charge in [-0.25, -0.2) is 18.2 Å². The minimum absolute atomic E-state index is 0.0393. The van der Waals surface area contributed by atoms with Gasteiger partial charge in [0.2, 0.25) is 0 Å². The third-order valence-corrected chi connectivity index (χ3v) is 11.7. The zero-order valence-corrected chi connectivity index (χ0v) is 21.9. The van der Waals surface area contributed by atoms with Gasteiger partial charge in [0.15, 0.2) is 19.3 Å². The van der Waals surface area contributed by atoms with Gasteiger partial charge in [0.25, 0.3) is 11.8 Å². The third kappa shape index (κ3) is 5.76. The number of anilines is 1.